The smallest absolute Gasteiger partial charge is 0.247 e. The van der Waals surface area contributed by atoms with E-state index in [4.69, 9.17) is 4.42 Å². The van der Waals surface area contributed by atoms with E-state index >= 15 is 0 Å². The molecular formula is C16H14FN3O. The summed E-state index contributed by atoms with van der Waals surface area (Å²) < 4.78 is 18.4. The van der Waals surface area contributed by atoms with Gasteiger partial charge in [0.05, 0.1) is 6.54 Å². The van der Waals surface area contributed by atoms with Gasteiger partial charge in [0, 0.05) is 12.1 Å². The van der Waals surface area contributed by atoms with Gasteiger partial charge in [-0.25, -0.2) is 4.39 Å². The van der Waals surface area contributed by atoms with Crippen LogP contribution in [0.3, 0.4) is 0 Å². The Morgan fingerprint density at radius 1 is 0.905 bits per heavy atom. The van der Waals surface area contributed by atoms with E-state index < -0.39 is 0 Å². The molecule has 4 nitrogen and oxygen atoms in total. The van der Waals surface area contributed by atoms with Crippen molar-refractivity contribution in [2.24, 2.45) is 0 Å². The van der Waals surface area contributed by atoms with Crippen LogP contribution in [0.2, 0.25) is 0 Å². The number of hydrogen-bond acceptors (Lipinski definition) is 4. The van der Waals surface area contributed by atoms with Gasteiger partial charge in [0.1, 0.15) is 5.82 Å². The van der Waals surface area contributed by atoms with Crippen molar-refractivity contribution in [3.8, 4) is 11.5 Å². The van der Waals surface area contributed by atoms with Crippen LogP contribution in [0.25, 0.3) is 11.5 Å². The molecule has 1 aromatic heterocycles. The minimum atomic E-state index is -0.233. The lowest BCUT2D eigenvalue weighted by Crippen LogP contribution is -2.12. The molecule has 0 aliphatic carbocycles. The summed E-state index contributed by atoms with van der Waals surface area (Å²) in [6.07, 6.45) is 0. The quantitative estimate of drug-likeness (QED) is 0.781. The number of nitrogens with one attached hydrogen (secondary N) is 1. The van der Waals surface area contributed by atoms with Crippen molar-refractivity contribution < 1.29 is 8.81 Å². The van der Waals surface area contributed by atoms with Crippen molar-refractivity contribution in [1.29, 1.82) is 0 Å². The van der Waals surface area contributed by atoms with Crippen LogP contribution in [0, 0.1) is 5.82 Å². The predicted molar refractivity (Wildman–Crippen MR) is 76.7 cm³/mol. The third kappa shape index (κ3) is 3.52. The van der Waals surface area contributed by atoms with E-state index in [9.17, 15) is 4.39 Å². The summed E-state index contributed by atoms with van der Waals surface area (Å²) in [5, 5.41) is 11.2. The third-order valence-corrected chi connectivity index (χ3v) is 3.01. The van der Waals surface area contributed by atoms with Gasteiger partial charge in [-0.3, -0.25) is 0 Å². The van der Waals surface area contributed by atoms with Gasteiger partial charge in [-0.05, 0) is 29.8 Å². The molecule has 3 rings (SSSR count). The zero-order valence-corrected chi connectivity index (χ0v) is 11.3. The lowest BCUT2D eigenvalue weighted by Gasteiger charge is -2.01. The van der Waals surface area contributed by atoms with E-state index in [-0.39, 0.29) is 5.82 Å². The standard InChI is InChI=1S/C16H14FN3O/c17-14-8-6-12(7-9-14)10-18-11-15-19-20-16(21-15)13-4-2-1-3-5-13/h1-9,18H,10-11H2. The summed E-state index contributed by atoms with van der Waals surface area (Å²) in [6.45, 7) is 1.08. The first-order valence-corrected chi connectivity index (χ1v) is 6.64. The maximum absolute atomic E-state index is 12.8. The Balaban J connectivity index is 1.57. The van der Waals surface area contributed by atoms with Crippen LogP contribution in [0.4, 0.5) is 4.39 Å². The van der Waals surface area contributed by atoms with E-state index in [1.807, 2.05) is 30.3 Å². The van der Waals surface area contributed by atoms with Crippen molar-refractivity contribution in [2.45, 2.75) is 13.1 Å². The highest BCUT2D eigenvalue weighted by molar-refractivity contribution is 5.51. The second-order valence-corrected chi connectivity index (χ2v) is 4.60. The normalized spacial score (nSPS) is 10.7. The highest BCUT2D eigenvalue weighted by atomic mass is 19.1. The van der Waals surface area contributed by atoms with Crippen molar-refractivity contribution in [3.05, 3.63) is 71.9 Å². The largest absolute Gasteiger partial charge is 0.419 e. The summed E-state index contributed by atoms with van der Waals surface area (Å²) in [5.41, 5.74) is 1.90. The Labute approximate surface area is 121 Å². The van der Waals surface area contributed by atoms with E-state index in [1.54, 1.807) is 12.1 Å². The molecule has 0 unspecified atom stereocenters. The maximum atomic E-state index is 12.8. The number of rotatable bonds is 5. The van der Waals surface area contributed by atoms with Crippen LogP contribution < -0.4 is 5.32 Å². The second kappa shape index (κ2) is 6.28. The molecule has 0 saturated carbocycles. The Hall–Kier alpha value is -2.53. The number of halogens is 1. The Bertz CT molecular complexity index is 695. The molecule has 1 N–H and O–H groups in total. The average Bonchev–Trinajstić information content (AvgIpc) is 2.99. The van der Waals surface area contributed by atoms with Gasteiger partial charge in [-0.15, -0.1) is 10.2 Å². The van der Waals surface area contributed by atoms with Gasteiger partial charge in [0.15, 0.2) is 0 Å². The zero-order valence-electron chi connectivity index (χ0n) is 11.3. The van der Waals surface area contributed by atoms with Gasteiger partial charge in [0.2, 0.25) is 11.8 Å². The van der Waals surface area contributed by atoms with Gasteiger partial charge in [0.25, 0.3) is 0 Å². The van der Waals surface area contributed by atoms with E-state index in [0.29, 0.717) is 24.9 Å². The molecule has 2 aromatic carbocycles. The molecule has 0 saturated heterocycles. The van der Waals surface area contributed by atoms with Crippen molar-refractivity contribution >= 4 is 0 Å². The lowest BCUT2D eigenvalue weighted by molar-refractivity contribution is 0.477. The number of hydrogen-bond donors (Lipinski definition) is 1. The molecule has 0 fully saturated rings. The van der Waals surface area contributed by atoms with Crippen molar-refractivity contribution in [1.82, 2.24) is 15.5 Å². The predicted octanol–water partition coefficient (Wildman–Crippen LogP) is 3.17. The minimum Gasteiger partial charge on any atom is -0.419 e. The van der Waals surface area contributed by atoms with Gasteiger partial charge in [-0.2, -0.15) is 0 Å². The molecule has 0 atom stereocenters. The summed E-state index contributed by atoms with van der Waals surface area (Å²) in [4.78, 5) is 0. The van der Waals surface area contributed by atoms with Crippen molar-refractivity contribution in [2.75, 3.05) is 0 Å². The first kappa shape index (κ1) is 13.5. The van der Waals surface area contributed by atoms with Crippen LogP contribution in [-0.2, 0) is 13.1 Å². The first-order chi connectivity index (χ1) is 10.3. The molecule has 3 aromatic rings. The number of benzene rings is 2. The second-order valence-electron chi connectivity index (χ2n) is 4.60. The van der Waals surface area contributed by atoms with E-state index in [2.05, 4.69) is 15.5 Å². The molecule has 0 aliphatic heterocycles. The maximum Gasteiger partial charge on any atom is 0.247 e. The van der Waals surface area contributed by atoms with E-state index in [0.717, 1.165) is 11.1 Å². The Morgan fingerprint density at radius 2 is 1.67 bits per heavy atom. The summed E-state index contributed by atoms with van der Waals surface area (Å²) >= 11 is 0. The summed E-state index contributed by atoms with van der Waals surface area (Å²) in [5.74, 6) is 0.799. The molecule has 21 heavy (non-hydrogen) atoms. The molecule has 0 amide bonds. The van der Waals surface area contributed by atoms with Crippen LogP contribution in [0.15, 0.2) is 59.0 Å². The Kier molecular flexibility index (Phi) is 4.02. The number of nitrogens with zero attached hydrogens (tertiary/aromatic N) is 2. The van der Waals surface area contributed by atoms with Gasteiger partial charge in [-0.1, -0.05) is 30.3 Å². The fraction of sp³-hybridized carbons (Fsp3) is 0.125. The number of aromatic nitrogens is 2. The van der Waals surface area contributed by atoms with Crippen LogP contribution in [0.5, 0.6) is 0 Å². The first-order valence-electron chi connectivity index (χ1n) is 6.64. The highest BCUT2D eigenvalue weighted by Gasteiger charge is 2.07. The fourth-order valence-electron chi connectivity index (χ4n) is 1.94. The lowest BCUT2D eigenvalue weighted by atomic mass is 10.2. The van der Waals surface area contributed by atoms with Gasteiger partial charge >= 0.3 is 0 Å². The van der Waals surface area contributed by atoms with Gasteiger partial charge < -0.3 is 9.73 Å². The molecule has 106 valence electrons. The topological polar surface area (TPSA) is 51.0 Å². The molecule has 0 aliphatic rings. The molecule has 5 heteroatoms. The molecule has 0 spiro atoms. The van der Waals surface area contributed by atoms with Crippen LogP contribution in [-0.4, -0.2) is 10.2 Å². The molecule has 0 bridgehead atoms. The van der Waals surface area contributed by atoms with Crippen LogP contribution in [0.1, 0.15) is 11.5 Å². The van der Waals surface area contributed by atoms with E-state index in [1.165, 1.54) is 12.1 Å². The fourth-order valence-corrected chi connectivity index (χ4v) is 1.94. The minimum absolute atomic E-state index is 0.233. The van der Waals surface area contributed by atoms with Crippen LogP contribution >= 0.6 is 0 Å². The molecular weight excluding hydrogens is 269 g/mol. The Morgan fingerprint density at radius 3 is 2.43 bits per heavy atom. The zero-order chi connectivity index (χ0) is 14.5. The SMILES string of the molecule is Fc1ccc(CNCc2nnc(-c3ccccc3)o2)cc1. The highest BCUT2D eigenvalue weighted by Crippen LogP contribution is 2.16. The third-order valence-electron chi connectivity index (χ3n) is 3.01. The summed E-state index contributed by atoms with van der Waals surface area (Å²) in [7, 11) is 0. The average molecular weight is 283 g/mol. The molecule has 0 radical (unpaired) electrons. The molecule has 1 heterocycles. The summed E-state index contributed by atoms with van der Waals surface area (Å²) in [6, 6.07) is 16.0. The van der Waals surface area contributed by atoms with Crippen molar-refractivity contribution in [3.63, 3.8) is 0 Å². The monoisotopic (exact) mass is 283 g/mol.